The maximum absolute atomic E-state index is 14.2. The zero-order valence-corrected chi connectivity index (χ0v) is 21.2. The van der Waals surface area contributed by atoms with Gasteiger partial charge in [0.05, 0.1) is 28.9 Å². The van der Waals surface area contributed by atoms with E-state index in [-0.39, 0.29) is 18.0 Å². The quantitative estimate of drug-likeness (QED) is 0.322. The van der Waals surface area contributed by atoms with Gasteiger partial charge in [-0.1, -0.05) is 48.5 Å². The highest BCUT2D eigenvalue weighted by atomic mass is 16.5. The SMILES string of the molecule is CCOC(=O)c1c(C)nc2c(c1-c1ccccc1)c1nnc(-c3ccc(O)cc3)n1c(=O)n2-c1ccccc1. The number of nitrogens with zero attached hydrogens (tertiary/aromatic N) is 5. The number of fused-ring (bicyclic) bond motifs is 3. The molecule has 0 radical (unpaired) electrons. The van der Waals surface area contributed by atoms with Gasteiger partial charge in [0.15, 0.2) is 17.1 Å². The highest BCUT2D eigenvalue weighted by molar-refractivity contribution is 6.11. The molecule has 3 heterocycles. The van der Waals surface area contributed by atoms with E-state index in [2.05, 4.69) is 10.2 Å². The van der Waals surface area contributed by atoms with Crippen LogP contribution in [0.1, 0.15) is 23.0 Å². The molecule has 9 heteroatoms. The summed E-state index contributed by atoms with van der Waals surface area (Å²) in [6.45, 7) is 3.67. The van der Waals surface area contributed by atoms with Crippen molar-refractivity contribution in [2.75, 3.05) is 6.61 Å². The summed E-state index contributed by atoms with van der Waals surface area (Å²) in [6.07, 6.45) is 0. The zero-order valence-electron chi connectivity index (χ0n) is 21.2. The maximum Gasteiger partial charge on any atom is 0.342 e. The number of hydrogen-bond acceptors (Lipinski definition) is 7. The molecule has 0 aliphatic carbocycles. The summed E-state index contributed by atoms with van der Waals surface area (Å²) in [6, 6.07) is 25.0. The van der Waals surface area contributed by atoms with E-state index >= 15 is 0 Å². The number of phenolic OH excluding ortho intramolecular Hbond substituents is 1. The summed E-state index contributed by atoms with van der Waals surface area (Å²) in [5, 5.41) is 19.1. The van der Waals surface area contributed by atoms with Gasteiger partial charge < -0.3 is 9.84 Å². The Bertz CT molecular complexity index is 1910. The van der Waals surface area contributed by atoms with Crippen LogP contribution in [0, 0.1) is 6.92 Å². The Hall–Kier alpha value is -5.31. The van der Waals surface area contributed by atoms with E-state index < -0.39 is 11.7 Å². The zero-order chi connectivity index (χ0) is 27.1. The van der Waals surface area contributed by atoms with Gasteiger partial charge >= 0.3 is 11.7 Å². The van der Waals surface area contributed by atoms with Crippen LogP contribution in [0.3, 0.4) is 0 Å². The first-order valence-electron chi connectivity index (χ1n) is 12.4. The van der Waals surface area contributed by atoms with Crippen LogP contribution in [-0.2, 0) is 4.74 Å². The second-order valence-electron chi connectivity index (χ2n) is 8.92. The summed E-state index contributed by atoms with van der Waals surface area (Å²) >= 11 is 0. The van der Waals surface area contributed by atoms with E-state index in [0.717, 1.165) is 5.56 Å². The lowest BCUT2D eigenvalue weighted by molar-refractivity contribution is 0.0526. The van der Waals surface area contributed by atoms with E-state index in [1.807, 2.05) is 60.7 Å². The minimum absolute atomic E-state index is 0.0878. The maximum atomic E-state index is 14.2. The number of carbonyl (C=O) groups is 1. The number of benzene rings is 3. The number of para-hydroxylation sites is 1. The molecule has 6 aromatic rings. The third kappa shape index (κ3) is 3.91. The fourth-order valence-corrected chi connectivity index (χ4v) is 4.83. The van der Waals surface area contributed by atoms with Gasteiger partial charge in [-0.3, -0.25) is 0 Å². The molecule has 0 aliphatic heterocycles. The third-order valence-corrected chi connectivity index (χ3v) is 6.52. The highest BCUT2D eigenvalue weighted by Gasteiger charge is 2.28. The summed E-state index contributed by atoms with van der Waals surface area (Å²) in [4.78, 5) is 32.3. The molecule has 0 aliphatic rings. The lowest BCUT2D eigenvalue weighted by Gasteiger charge is -2.18. The number of aryl methyl sites for hydroxylation is 1. The van der Waals surface area contributed by atoms with Gasteiger partial charge in [-0.05, 0) is 55.8 Å². The molecule has 192 valence electrons. The summed E-state index contributed by atoms with van der Waals surface area (Å²) < 4.78 is 8.36. The van der Waals surface area contributed by atoms with Crippen LogP contribution in [0.25, 0.3) is 44.9 Å². The first-order chi connectivity index (χ1) is 19.0. The van der Waals surface area contributed by atoms with Crippen molar-refractivity contribution in [3.05, 3.63) is 107 Å². The number of rotatable bonds is 5. The Morgan fingerprint density at radius 3 is 2.21 bits per heavy atom. The smallest absolute Gasteiger partial charge is 0.342 e. The lowest BCUT2D eigenvalue weighted by Crippen LogP contribution is -2.28. The molecule has 39 heavy (non-hydrogen) atoms. The number of aromatic nitrogens is 5. The van der Waals surface area contributed by atoms with E-state index in [1.165, 1.54) is 21.1 Å². The average molecular weight is 518 g/mol. The molecule has 0 unspecified atom stereocenters. The van der Waals surface area contributed by atoms with Gasteiger partial charge in [0.1, 0.15) is 5.75 Å². The van der Waals surface area contributed by atoms with Crippen molar-refractivity contribution in [3.63, 3.8) is 0 Å². The average Bonchev–Trinajstić information content (AvgIpc) is 3.39. The van der Waals surface area contributed by atoms with Crippen LogP contribution < -0.4 is 5.69 Å². The van der Waals surface area contributed by atoms with Gasteiger partial charge in [-0.25, -0.2) is 23.5 Å². The van der Waals surface area contributed by atoms with Crippen molar-refractivity contribution < 1.29 is 14.6 Å². The molecule has 0 amide bonds. The van der Waals surface area contributed by atoms with Crippen LogP contribution in [0.5, 0.6) is 5.75 Å². The van der Waals surface area contributed by atoms with Crippen LogP contribution >= 0.6 is 0 Å². The van der Waals surface area contributed by atoms with Crippen molar-refractivity contribution in [1.82, 2.24) is 24.1 Å². The number of hydrogen-bond donors (Lipinski definition) is 1. The topological polar surface area (TPSA) is 112 Å². The minimum Gasteiger partial charge on any atom is -0.508 e. The van der Waals surface area contributed by atoms with Crippen molar-refractivity contribution in [2.24, 2.45) is 0 Å². The number of ether oxygens (including phenoxy) is 1. The van der Waals surface area contributed by atoms with E-state index in [4.69, 9.17) is 9.72 Å². The number of aromatic hydroxyl groups is 1. The molecule has 9 nitrogen and oxygen atoms in total. The van der Waals surface area contributed by atoms with Crippen LogP contribution in [0.15, 0.2) is 89.7 Å². The number of esters is 1. The van der Waals surface area contributed by atoms with E-state index in [0.29, 0.717) is 44.9 Å². The van der Waals surface area contributed by atoms with Crippen molar-refractivity contribution in [3.8, 4) is 34.0 Å². The largest absolute Gasteiger partial charge is 0.508 e. The lowest BCUT2D eigenvalue weighted by atomic mass is 9.95. The Morgan fingerprint density at radius 2 is 1.54 bits per heavy atom. The molecular formula is C30H23N5O4. The first kappa shape index (κ1) is 24.1. The molecule has 0 saturated heterocycles. The number of phenols is 1. The number of carbonyl (C=O) groups excluding carboxylic acids is 1. The Labute approximate surface area is 222 Å². The van der Waals surface area contributed by atoms with Crippen LogP contribution in [-0.4, -0.2) is 41.8 Å². The Morgan fingerprint density at radius 1 is 0.872 bits per heavy atom. The normalized spacial score (nSPS) is 11.2. The molecule has 1 N–H and O–H groups in total. The predicted molar refractivity (Wildman–Crippen MR) is 147 cm³/mol. The second-order valence-corrected chi connectivity index (χ2v) is 8.92. The fraction of sp³-hybridized carbons (Fsp3) is 0.100. The fourth-order valence-electron chi connectivity index (χ4n) is 4.83. The third-order valence-electron chi connectivity index (χ3n) is 6.52. The predicted octanol–water partition coefficient (Wildman–Crippen LogP) is 4.95. The Kier molecular flexibility index (Phi) is 5.88. The van der Waals surface area contributed by atoms with E-state index in [9.17, 15) is 14.7 Å². The first-order valence-corrected chi connectivity index (χ1v) is 12.4. The Balaban J connectivity index is 1.86. The van der Waals surface area contributed by atoms with Gasteiger partial charge in [0.2, 0.25) is 0 Å². The molecule has 6 rings (SSSR count). The van der Waals surface area contributed by atoms with E-state index in [1.54, 1.807) is 26.0 Å². The van der Waals surface area contributed by atoms with Crippen molar-refractivity contribution in [2.45, 2.75) is 13.8 Å². The van der Waals surface area contributed by atoms with Gasteiger partial charge in [-0.15, -0.1) is 10.2 Å². The van der Waals surface area contributed by atoms with Gasteiger partial charge in [0, 0.05) is 11.1 Å². The standard InChI is InChI=1S/C30H23N5O4/c1-3-39-29(37)23-18(2)31-27-25(24(23)19-10-6-4-7-11-19)28-33-32-26(20-14-16-22(36)17-15-20)35(28)30(38)34(27)21-12-8-5-9-13-21/h4-17,36H,3H2,1-2H3. The molecule has 0 bridgehead atoms. The molecule has 0 fully saturated rings. The molecular weight excluding hydrogens is 494 g/mol. The minimum atomic E-state index is -0.517. The molecule has 0 saturated carbocycles. The van der Waals surface area contributed by atoms with Gasteiger partial charge in [-0.2, -0.15) is 0 Å². The monoisotopic (exact) mass is 517 g/mol. The molecule has 3 aromatic carbocycles. The number of pyridine rings is 1. The van der Waals surface area contributed by atoms with Gasteiger partial charge in [0.25, 0.3) is 0 Å². The van der Waals surface area contributed by atoms with Crippen molar-refractivity contribution in [1.29, 1.82) is 0 Å². The van der Waals surface area contributed by atoms with Crippen molar-refractivity contribution >= 4 is 22.6 Å². The second kappa shape index (κ2) is 9.53. The molecule has 3 aromatic heterocycles. The van der Waals surface area contributed by atoms with Crippen LogP contribution in [0.2, 0.25) is 0 Å². The summed E-state index contributed by atoms with van der Waals surface area (Å²) in [5.74, 6) is -0.138. The summed E-state index contributed by atoms with van der Waals surface area (Å²) in [7, 11) is 0. The molecule has 0 atom stereocenters. The van der Waals surface area contributed by atoms with Crippen LogP contribution in [0.4, 0.5) is 0 Å². The molecule has 0 spiro atoms. The summed E-state index contributed by atoms with van der Waals surface area (Å²) in [5.41, 5.74) is 3.36. The highest BCUT2D eigenvalue weighted by Crippen LogP contribution is 2.36.